The smallest absolute Gasteiger partial charge is 0.317 e. The Hall–Kier alpha value is -3.90. The summed E-state index contributed by atoms with van der Waals surface area (Å²) in [4.78, 5) is 32.8. The second-order valence-corrected chi connectivity index (χ2v) is 13.9. The fraction of sp³-hybridized carbons (Fsp3) is 0.611. The Kier molecular flexibility index (Phi) is 11.5. The third-order valence-electron chi connectivity index (χ3n) is 10.5. The lowest BCUT2D eigenvalue weighted by atomic mass is 9.71. The zero-order valence-corrected chi connectivity index (χ0v) is 29.0. The first-order chi connectivity index (χ1) is 23.1. The fourth-order valence-corrected chi connectivity index (χ4v) is 7.75. The Labute approximate surface area is 285 Å². The van der Waals surface area contributed by atoms with Crippen molar-refractivity contribution in [2.75, 3.05) is 102 Å². The topological polar surface area (TPSA) is 130 Å². The summed E-state index contributed by atoms with van der Waals surface area (Å²) in [5.41, 5.74) is 2.54. The van der Waals surface area contributed by atoms with E-state index in [-0.39, 0.29) is 36.1 Å². The molecule has 4 heterocycles. The molecule has 6 rings (SSSR count). The molecule has 0 saturated carbocycles. The van der Waals surface area contributed by atoms with Crippen LogP contribution >= 0.6 is 0 Å². The zero-order chi connectivity index (χ0) is 34.3. The third-order valence-corrected chi connectivity index (χ3v) is 10.5. The number of hydrogen-bond acceptors (Lipinski definition) is 8. The number of carbonyl (C=O) groups excluding carboxylic acids is 2. The van der Waals surface area contributed by atoms with Crippen LogP contribution in [0.1, 0.15) is 27.7 Å². The number of aliphatic hydroxyl groups is 2. The van der Waals surface area contributed by atoms with Crippen molar-refractivity contribution in [1.82, 2.24) is 20.4 Å². The first-order valence-corrected chi connectivity index (χ1v) is 17.3. The molecule has 4 N–H and O–H groups in total. The highest BCUT2D eigenvalue weighted by Gasteiger charge is 2.58. The lowest BCUT2D eigenvalue weighted by molar-refractivity contribution is 0.197. The van der Waals surface area contributed by atoms with Crippen LogP contribution in [0.5, 0.6) is 11.5 Å². The molecule has 0 aliphatic carbocycles. The Bertz CT molecular complexity index is 1330. The van der Waals surface area contributed by atoms with E-state index in [1.165, 1.54) is 11.4 Å². The van der Waals surface area contributed by atoms with Crippen LogP contribution in [0.25, 0.3) is 0 Å². The maximum Gasteiger partial charge on any atom is 0.317 e. The Balaban J connectivity index is 0.000000188. The van der Waals surface area contributed by atoms with Crippen molar-refractivity contribution in [2.45, 2.75) is 27.7 Å². The van der Waals surface area contributed by atoms with Gasteiger partial charge >= 0.3 is 12.1 Å². The van der Waals surface area contributed by atoms with Gasteiger partial charge in [-0.25, -0.2) is 9.59 Å². The number of carbonyl (C=O) groups is 2. The number of rotatable bonds is 10. The highest BCUT2D eigenvalue weighted by Crippen LogP contribution is 2.52. The summed E-state index contributed by atoms with van der Waals surface area (Å²) in [5.74, 6) is 2.86. The summed E-state index contributed by atoms with van der Waals surface area (Å²) in [6, 6.07) is 16.4. The van der Waals surface area contributed by atoms with E-state index in [1.807, 2.05) is 47.9 Å². The molecule has 0 bridgehead atoms. The number of hydrogen-bond donors (Lipinski definition) is 4. The molecule has 0 unspecified atom stereocenters. The number of likely N-dealkylation sites (tertiary alicyclic amines) is 2. The van der Waals surface area contributed by atoms with E-state index in [4.69, 9.17) is 19.7 Å². The maximum absolute atomic E-state index is 12.2. The molecule has 4 fully saturated rings. The Morgan fingerprint density at radius 1 is 0.667 bits per heavy atom. The van der Waals surface area contributed by atoms with Gasteiger partial charge in [0.05, 0.1) is 26.4 Å². The van der Waals surface area contributed by atoms with Gasteiger partial charge in [-0.15, -0.1) is 0 Å². The highest BCUT2D eigenvalue weighted by molar-refractivity contribution is 5.75. The molecule has 0 radical (unpaired) electrons. The summed E-state index contributed by atoms with van der Waals surface area (Å²) in [6.07, 6.45) is 0. The van der Waals surface area contributed by atoms with Gasteiger partial charge in [0.15, 0.2) is 0 Å². The number of ether oxygens (including phenoxy) is 2. The van der Waals surface area contributed by atoms with Gasteiger partial charge in [0.25, 0.3) is 0 Å². The SMILES string of the molecule is CCOc1ccc(N2C[C@H]3CN(C(=O)NCCO)C[C@H]3C2)cc1.CCOc1ccc(N2C[C@]3(C)CN(C(=O)NCCO)C[C@]3(C)C2)cc1. The van der Waals surface area contributed by atoms with Crippen molar-refractivity contribution in [3.63, 3.8) is 0 Å². The standard InChI is InChI=1S/C19H29N3O3.C17H25N3O3/c1-4-25-16-7-5-15(6-8-16)21-11-18(2)13-22(14-19(18,3)12-21)17(24)20-9-10-23;1-2-23-16-5-3-15(4-6-16)19-9-13-11-20(12-14(13)10-19)17(22)18-7-8-21/h5-8,23H,4,9-14H2,1-3H3,(H,20,24);3-6,13-14,21H,2,7-12H2,1H3,(H,18,22)/t18-,19+;13-,14+. The van der Waals surface area contributed by atoms with Gasteiger partial charge in [-0.05, 0) is 62.4 Å². The summed E-state index contributed by atoms with van der Waals surface area (Å²) in [6.45, 7) is 17.4. The second-order valence-electron chi connectivity index (χ2n) is 13.9. The fourth-order valence-electron chi connectivity index (χ4n) is 7.75. The molecule has 12 nitrogen and oxygen atoms in total. The number of amides is 4. The second kappa shape index (κ2) is 15.5. The Morgan fingerprint density at radius 2 is 1.08 bits per heavy atom. The number of nitrogens with zero attached hydrogens (tertiary/aromatic N) is 4. The number of benzene rings is 2. The van der Waals surface area contributed by atoms with Gasteiger partial charge in [0.2, 0.25) is 0 Å². The van der Waals surface area contributed by atoms with Crippen LogP contribution in [-0.2, 0) is 0 Å². The number of urea groups is 2. The average molecular weight is 667 g/mol. The molecule has 2 aromatic rings. The molecule has 264 valence electrons. The number of fused-ring (bicyclic) bond motifs is 2. The number of nitrogens with one attached hydrogen (secondary N) is 2. The number of anilines is 2. The van der Waals surface area contributed by atoms with Gasteiger partial charge in [-0.3, -0.25) is 0 Å². The van der Waals surface area contributed by atoms with E-state index in [0.717, 1.165) is 63.9 Å². The van der Waals surface area contributed by atoms with E-state index < -0.39 is 0 Å². The largest absolute Gasteiger partial charge is 0.494 e. The van der Waals surface area contributed by atoms with E-state index in [1.54, 1.807) is 0 Å². The van der Waals surface area contributed by atoms with Gasteiger partial charge < -0.3 is 49.9 Å². The molecule has 12 heteroatoms. The molecule has 0 spiro atoms. The molecular formula is C36H54N6O6. The van der Waals surface area contributed by atoms with E-state index in [0.29, 0.717) is 38.1 Å². The Morgan fingerprint density at radius 3 is 1.50 bits per heavy atom. The quantitative estimate of drug-likeness (QED) is 0.305. The molecule has 4 saturated heterocycles. The number of aliphatic hydroxyl groups excluding tert-OH is 2. The van der Waals surface area contributed by atoms with E-state index in [9.17, 15) is 9.59 Å². The van der Waals surface area contributed by atoms with Gasteiger partial charge in [0.1, 0.15) is 11.5 Å². The molecule has 4 atom stereocenters. The van der Waals surface area contributed by atoms with Crippen molar-refractivity contribution in [2.24, 2.45) is 22.7 Å². The van der Waals surface area contributed by atoms with Gasteiger partial charge in [-0.2, -0.15) is 0 Å². The van der Waals surface area contributed by atoms with Crippen molar-refractivity contribution in [1.29, 1.82) is 0 Å². The summed E-state index contributed by atoms with van der Waals surface area (Å²) in [7, 11) is 0. The molecule has 4 aliphatic heterocycles. The third kappa shape index (κ3) is 7.86. The summed E-state index contributed by atoms with van der Waals surface area (Å²) < 4.78 is 11.0. The molecule has 4 amide bonds. The monoisotopic (exact) mass is 666 g/mol. The minimum Gasteiger partial charge on any atom is -0.494 e. The van der Waals surface area contributed by atoms with Gasteiger partial charge in [-0.1, -0.05) is 13.8 Å². The average Bonchev–Trinajstić information content (AvgIpc) is 3.79. The van der Waals surface area contributed by atoms with Crippen LogP contribution in [0, 0.1) is 22.7 Å². The first kappa shape index (κ1) is 35.4. The lowest BCUT2D eigenvalue weighted by Gasteiger charge is -2.29. The van der Waals surface area contributed by atoms with Crippen molar-refractivity contribution >= 4 is 23.4 Å². The van der Waals surface area contributed by atoms with Crippen LogP contribution < -0.4 is 29.9 Å². The maximum atomic E-state index is 12.2. The summed E-state index contributed by atoms with van der Waals surface area (Å²) >= 11 is 0. The predicted octanol–water partition coefficient (Wildman–Crippen LogP) is 3.09. The minimum absolute atomic E-state index is 0.0159. The van der Waals surface area contributed by atoms with Crippen LogP contribution in [0.4, 0.5) is 21.0 Å². The molecule has 4 aliphatic rings. The van der Waals surface area contributed by atoms with Crippen LogP contribution in [-0.4, -0.2) is 124 Å². The molecule has 2 aromatic carbocycles. The minimum atomic E-state index is -0.0708. The lowest BCUT2D eigenvalue weighted by Crippen LogP contribution is -2.42. The van der Waals surface area contributed by atoms with Crippen molar-refractivity contribution in [3.8, 4) is 11.5 Å². The van der Waals surface area contributed by atoms with E-state index in [2.05, 4.69) is 58.5 Å². The predicted molar refractivity (Wildman–Crippen MR) is 187 cm³/mol. The first-order valence-electron chi connectivity index (χ1n) is 17.3. The van der Waals surface area contributed by atoms with Crippen LogP contribution in [0.2, 0.25) is 0 Å². The molecule has 0 aromatic heterocycles. The molecular weight excluding hydrogens is 612 g/mol. The van der Waals surface area contributed by atoms with Crippen LogP contribution in [0.15, 0.2) is 48.5 Å². The van der Waals surface area contributed by atoms with E-state index >= 15 is 0 Å². The van der Waals surface area contributed by atoms with Crippen LogP contribution in [0.3, 0.4) is 0 Å². The van der Waals surface area contributed by atoms with Crippen molar-refractivity contribution < 1.29 is 29.3 Å². The highest BCUT2D eigenvalue weighted by atomic mass is 16.5. The zero-order valence-electron chi connectivity index (χ0n) is 29.0. The molecule has 48 heavy (non-hydrogen) atoms. The van der Waals surface area contributed by atoms with Crippen molar-refractivity contribution in [3.05, 3.63) is 48.5 Å². The van der Waals surface area contributed by atoms with Gasteiger partial charge in [0, 0.05) is 99.5 Å². The summed E-state index contributed by atoms with van der Waals surface area (Å²) in [5, 5.41) is 23.2. The normalized spacial score (nSPS) is 25.7.